The lowest BCUT2D eigenvalue weighted by Crippen LogP contribution is -2.29. The molecule has 4 bridgehead atoms. The van der Waals surface area contributed by atoms with E-state index in [1.54, 1.807) is 60.8 Å². The van der Waals surface area contributed by atoms with Crippen molar-refractivity contribution >= 4 is 45.1 Å². The molecule has 6 aromatic rings. The molecule has 1 unspecified atom stereocenters. The second kappa shape index (κ2) is 13.9. The Bertz CT molecular complexity index is 2100. The van der Waals surface area contributed by atoms with Gasteiger partial charge in [-0.15, -0.1) is 0 Å². The van der Waals surface area contributed by atoms with Crippen LogP contribution >= 0.6 is 0 Å². The average molecular weight is 668 g/mol. The van der Waals surface area contributed by atoms with Gasteiger partial charge in [0.1, 0.15) is 18.1 Å². The first-order valence-electron chi connectivity index (χ1n) is 15.1. The first-order chi connectivity index (χ1) is 23.5. The van der Waals surface area contributed by atoms with Crippen LogP contribution in [0.5, 0.6) is 11.5 Å². The Morgan fingerprint density at radius 2 is 1.49 bits per heavy atom. The molecular weight excluding hydrogens is 639 g/mol. The number of rotatable bonds is 12. The van der Waals surface area contributed by atoms with E-state index in [2.05, 4.69) is 15.6 Å². The molecule has 0 fully saturated rings. The Morgan fingerprint density at radius 1 is 0.796 bits per heavy atom. The lowest BCUT2D eigenvalue weighted by molar-refractivity contribution is -0.145. The zero-order valence-corrected chi connectivity index (χ0v) is 25.7. The lowest BCUT2D eigenvalue weighted by atomic mass is 10.0. The number of pyridine rings is 1. The standard InChI is InChI=1S/C37H28F3N3O6/c38-37(39,40)26-6-12-29(13-7-26)49-33(36(46)47)19-22-1-10-28(11-2-22)48-18-17-42-34(44)23-3-8-27(9-4-23)43-35(45)30-14-5-24-20-31(30)32-21-25(24)15-16-41-32/h1-16,20-21,33H,17-19H2,(H,42,44)(H,43,45)(H,46,47). The number of anilines is 1. The molecule has 0 aliphatic carbocycles. The van der Waals surface area contributed by atoms with Crippen LogP contribution in [-0.2, 0) is 17.4 Å². The highest BCUT2D eigenvalue weighted by Gasteiger charge is 2.30. The maximum Gasteiger partial charge on any atom is 0.416 e. The highest BCUT2D eigenvalue weighted by Crippen LogP contribution is 2.31. The van der Waals surface area contributed by atoms with E-state index in [9.17, 15) is 32.7 Å². The molecule has 12 heteroatoms. The van der Waals surface area contributed by atoms with Crippen molar-refractivity contribution in [1.82, 2.24) is 10.3 Å². The first kappa shape index (κ1) is 32.8. The van der Waals surface area contributed by atoms with Gasteiger partial charge < -0.3 is 25.2 Å². The summed E-state index contributed by atoms with van der Waals surface area (Å²) in [5.74, 6) is -1.38. The minimum absolute atomic E-state index is 0.00469. The van der Waals surface area contributed by atoms with Gasteiger partial charge in [0.15, 0.2) is 6.10 Å². The number of hydrogen-bond acceptors (Lipinski definition) is 6. The van der Waals surface area contributed by atoms with Crippen molar-refractivity contribution < 1.29 is 42.1 Å². The maximum absolute atomic E-state index is 13.0. The van der Waals surface area contributed by atoms with Gasteiger partial charge >= 0.3 is 12.1 Å². The molecule has 0 aliphatic heterocycles. The van der Waals surface area contributed by atoms with Gasteiger partial charge in [0, 0.05) is 34.8 Å². The van der Waals surface area contributed by atoms with Crippen LogP contribution in [0, 0.1) is 0 Å². The fourth-order valence-electron chi connectivity index (χ4n) is 5.23. The van der Waals surface area contributed by atoms with Gasteiger partial charge in [0.2, 0.25) is 0 Å². The molecule has 0 radical (unpaired) electrons. The van der Waals surface area contributed by atoms with Crippen molar-refractivity contribution in [2.75, 3.05) is 18.5 Å². The average Bonchev–Trinajstić information content (AvgIpc) is 3.10. The molecule has 1 heterocycles. The van der Waals surface area contributed by atoms with Crippen molar-refractivity contribution in [1.29, 1.82) is 0 Å². The maximum atomic E-state index is 13.0. The van der Waals surface area contributed by atoms with Gasteiger partial charge in [-0.2, -0.15) is 13.2 Å². The molecule has 0 aliphatic rings. The van der Waals surface area contributed by atoms with Gasteiger partial charge in [-0.3, -0.25) is 14.6 Å². The number of ether oxygens (including phenoxy) is 2. The van der Waals surface area contributed by atoms with Crippen LogP contribution < -0.4 is 20.1 Å². The number of halogens is 3. The molecule has 1 aromatic heterocycles. The minimum Gasteiger partial charge on any atom is -0.492 e. The summed E-state index contributed by atoms with van der Waals surface area (Å²) in [5, 5.41) is 18.0. The Morgan fingerprint density at radius 3 is 2.18 bits per heavy atom. The number of amides is 2. The third-order valence-corrected chi connectivity index (χ3v) is 7.77. The molecule has 3 N–H and O–H groups in total. The monoisotopic (exact) mass is 667 g/mol. The number of carboxylic acid groups (broad SMARTS) is 1. The number of fused-ring (bicyclic) bond motifs is 6. The first-order valence-corrected chi connectivity index (χ1v) is 15.1. The zero-order chi connectivity index (χ0) is 34.5. The molecule has 0 spiro atoms. The van der Waals surface area contributed by atoms with Gasteiger partial charge in [-0.05, 0) is 101 Å². The van der Waals surface area contributed by atoms with E-state index in [1.165, 1.54) is 0 Å². The number of carbonyl (C=O) groups excluding carboxylic acids is 2. The Balaban J connectivity index is 0.951. The summed E-state index contributed by atoms with van der Waals surface area (Å²) in [6, 6.07) is 26.4. The van der Waals surface area contributed by atoms with Crippen LogP contribution in [0.4, 0.5) is 18.9 Å². The predicted molar refractivity (Wildman–Crippen MR) is 176 cm³/mol. The highest BCUT2D eigenvalue weighted by molar-refractivity contribution is 6.15. The number of benzene rings is 5. The topological polar surface area (TPSA) is 127 Å². The summed E-state index contributed by atoms with van der Waals surface area (Å²) in [7, 11) is 0. The predicted octanol–water partition coefficient (Wildman–Crippen LogP) is 6.98. The molecule has 0 saturated carbocycles. The van der Waals surface area contributed by atoms with Gasteiger partial charge in [-0.25, -0.2) is 4.79 Å². The third-order valence-electron chi connectivity index (χ3n) is 7.77. The van der Waals surface area contributed by atoms with E-state index >= 15 is 0 Å². The second-order valence-electron chi connectivity index (χ2n) is 11.1. The normalized spacial score (nSPS) is 12.1. The summed E-state index contributed by atoms with van der Waals surface area (Å²) < 4.78 is 49.5. The largest absolute Gasteiger partial charge is 0.492 e. The molecule has 0 saturated heterocycles. The summed E-state index contributed by atoms with van der Waals surface area (Å²) >= 11 is 0. The van der Waals surface area contributed by atoms with Crippen LogP contribution in [0.3, 0.4) is 0 Å². The van der Waals surface area contributed by atoms with Crippen molar-refractivity contribution in [2.24, 2.45) is 0 Å². The van der Waals surface area contributed by atoms with E-state index in [0.717, 1.165) is 45.9 Å². The number of aliphatic carboxylic acids is 1. The fourth-order valence-corrected chi connectivity index (χ4v) is 5.23. The van der Waals surface area contributed by atoms with Gasteiger partial charge in [-0.1, -0.05) is 18.2 Å². The van der Waals surface area contributed by atoms with Crippen LogP contribution in [0.1, 0.15) is 31.8 Å². The van der Waals surface area contributed by atoms with Gasteiger partial charge in [0.05, 0.1) is 17.6 Å². The summed E-state index contributed by atoms with van der Waals surface area (Å²) in [6.45, 7) is 0.363. The summed E-state index contributed by atoms with van der Waals surface area (Å²) in [6.07, 6.45) is -4.14. The zero-order valence-electron chi connectivity index (χ0n) is 25.7. The number of nitrogens with one attached hydrogen (secondary N) is 2. The molecule has 9 nitrogen and oxygen atoms in total. The van der Waals surface area contributed by atoms with E-state index < -0.39 is 23.8 Å². The van der Waals surface area contributed by atoms with E-state index in [0.29, 0.717) is 28.1 Å². The SMILES string of the molecule is O=C(NCCOc1ccc(CC(Oc2ccc(C(F)(F)F)cc2)C(=O)O)cc1)c1ccc(NC(=O)c2ccc3cc2c2cc3ccn2)cc1. The van der Waals surface area contributed by atoms with E-state index in [1.807, 2.05) is 24.3 Å². The highest BCUT2D eigenvalue weighted by atomic mass is 19.4. The van der Waals surface area contributed by atoms with Crippen molar-refractivity contribution in [3.05, 3.63) is 132 Å². The van der Waals surface area contributed by atoms with Crippen LogP contribution in [0.15, 0.2) is 109 Å². The fraction of sp³-hybridized carbons (Fsp3) is 0.135. The molecule has 49 heavy (non-hydrogen) atoms. The Kier molecular flexibility index (Phi) is 9.29. The summed E-state index contributed by atoms with van der Waals surface area (Å²) in [5.41, 5.74) is 1.91. The molecular formula is C37H28F3N3O6. The minimum atomic E-state index is -4.51. The number of hydrogen-bond donors (Lipinski definition) is 3. The van der Waals surface area contributed by atoms with Crippen LogP contribution in [0.25, 0.3) is 21.7 Å². The number of carbonyl (C=O) groups is 3. The summed E-state index contributed by atoms with van der Waals surface area (Å²) in [4.78, 5) is 41.8. The molecule has 1 atom stereocenters. The molecule has 5 aromatic carbocycles. The van der Waals surface area contributed by atoms with Crippen LogP contribution in [-0.4, -0.2) is 47.1 Å². The quantitative estimate of drug-likeness (QED) is 0.120. The lowest BCUT2D eigenvalue weighted by Gasteiger charge is -2.16. The molecule has 6 rings (SSSR count). The second-order valence-corrected chi connectivity index (χ2v) is 11.1. The van der Waals surface area contributed by atoms with Crippen molar-refractivity contribution in [3.63, 3.8) is 0 Å². The van der Waals surface area contributed by atoms with Crippen LogP contribution in [0.2, 0.25) is 0 Å². The number of carboxylic acids is 1. The smallest absolute Gasteiger partial charge is 0.416 e. The van der Waals surface area contributed by atoms with Crippen molar-refractivity contribution in [2.45, 2.75) is 18.7 Å². The van der Waals surface area contributed by atoms with Crippen molar-refractivity contribution in [3.8, 4) is 11.5 Å². The molecule has 2 amide bonds. The number of aromatic nitrogens is 1. The third kappa shape index (κ3) is 7.87. The van der Waals surface area contributed by atoms with E-state index in [-0.39, 0.29) is 37.1 Å². The Hall–Kier alpha value is -6.17. The molecule has 248 valence electrons. The number of alkyl halides is 3. The van der Waals surface area contributed by atoms with E-state index in [4.69, 9.17) is 9.47 Å². The number of nitrogens with zero attached hydrogens (tertiary/aromatic N) is 1. The Labute approximate surface area is 277 Å². The van der Waals surface area contributed by atoms with Gasteiger partial charge in [0.25, 0.3) is 11.8 Å².